The number of nitrogens with two attached hydrogens (primary N) is 1. The molecule has 0 radical (unpaired) electrons. The summed E-state index contributed by atoms with van der Waals surface area (Å²) in [5.41, 5.74) is 6.00. The van der Waals surface area contributed by atoms with Gasteiger partial charge in [0, 0.05) is 19.7 Å². The molecule has 2 aliphatic rings. The summed E-state index contributed by atoms with van der Waals surface area (Å²) in [6.07, 6.45) is 7.38. The molecule has 0 saturated carbocycles. The Labute approximate surface area is 104 Å². The topological polar surface area (TPSA) is 50.8 Å². The minimum atomic E-state index is -0.0729. The molecule has 2 fully saturated rings. The Hall–Kier alpha value is -0.770. The first kappa shape index (κ1) is 12.7. The summed E-state index contributed by atoms with van der Waals surface area (Å²) in [6.45, 7) is 5.84. The van der Waals surface area contributed by atoms with Gasteiger partial charge < -0.3 is 15.4 Å². The molecule has 0 amide bonds. The minimum Gasteiger partial charge on any atom is -0.373 e. The maximum absolute atomic E-state index is 6.08. The lowest BCUT2D eigenvalue weighted by molar-refractivity contribution is 0.0282. The van der Waals surface area contributed by atoms with Crippen molar-refractivity contribution in [1.29, 1.82) is 0 Å². The molecule has 1 atom stereocenters. The van der Waals surface area contributed by atoms with Crippen LogP contribution in [0.1, 0.15) is 45.4 Å². The summed E-state index contributed by atoms with van der Waals surface area (Å²) in [6, 6.07) is 0. The second kappa shape index (κ2) is 5.71. The highest BCUT2D eigenvalue weighted by atomic mass is 16.5. The van der Waals surface area contributed by atoms with Gasteiger partial charge in [0.1, 0.15) is 0 Å². The van der Waals surface area contributed by atoms with E-state index >= 15 is 0 Å². The highest BCUT2D eigenvalue weighted by Crippen LogP contribution is 2.25. The number of rotatable bonds is 2. The number of nitrogens with zero attached hydrogens (tertiary/aromatic N) is 2. The molecule has 0 aliphatic carbocycles. The zero-order valence-corrected chi connectivity index (χ0v) is 11.0. The molecule has 0 aromatic rings. The van der Waals surface area contributed by atoms with Crippen LogP contribution in [-0.4, -0.2) is 42.7 Å². The van der Waals surface area contributed by atoms with Crippen LogP contribution in [0.15, 0.2) is 4.99 Å². The Morgan fingerprint density at radius 1 is 1.24 bits per heavy atom. The fourth-order valence-corrected chi connectivity index (χ4v) is 2.61. The third kappa shape index (κ3) is 3.60. The van der Waals surface area contributed by atoms with Crippen molar-refractivity contribution in [2.75, 3.05) is 26.2 Å². The molecule has 4 nitrogen and oxygen atoms in total. The molecule has 2 rings (SSSR count). The summed E-state index contributed by atoms with van der Waals surface area (Å²) < 4.78 is 5.72. The van der Waals surface area contributed by atoms with Crippen LogP contribution in [0.4, 0.5) is 0 Å². The van der Waals surface area contributed by atoms with Crippen molar-refractivity contribution in [3.8, 4) is 0 Å². The Bertz CT molecular complexity index is 264. The first-order valence-electron chi connectivity index (χ1n) is 6.88. The van der Waals surface area contributed by atoms with Crippen LogP contribution in [-0.2, 0) is 4.74 Å². The fourth-order valence-electron chi connectivity index (χ4n) is 2.61. The summed E-state index contributed by atoms with van der Waals surface area (Å²) in [7, 11) is 0. The van der Waals surface area contributed by atoms with Crippen LogP contribution in [0.2, 0.25) is 0 Å². The summed E-state index contributed by atoms with van der Waals surface area (Å²) >= 11 is 0. The molecule has 2 heterocycles. The number of aliphatic imine (C=N–C) groups is 1. The van der Waals surface area contributed by atoms with Crippen molar-refractivity contribution in [3.05, 3.63) is 0 Å². The van der Waals surface area contributed by atoms with Gasteiger partial charge in [-0.1, -0.05) is 12.8 Å². The van der Waals surface area contributed by atoms with E-state index < -0.39 is 0 Å². The lowest BCUT2D eigenvalue weighted by Crippen LogP contribution is -2.39. The highest BCUT2D eigenvalue weighted by molar-refractivity contribution is 5.78. The molecular weight excluding hydrogens is 214 g/mol. The van der Waals surface area contributed by atoms with Crippen molar-refractivity contribution in [2.24, 2.45) is 10.7 Å². The lowest BCUT2D eigenvalue weighted by Gasteiger charge is -2.24. The van der Waals surface area contributed by atoms with Crippen molar-refractivity contribution >= 4 is 5.96 Å². The first-order chi connectivity index (χ1) is 8.20. The van der Waals surface area contributed by atoms with Crippen LogP contribution in [0.25, 0.3) is 0 Å². The van der Waals surface area contributed by atoms with Crippen molar-refractivity contribution in [1.82, 2.24) is 4.90 Å². The third-order valence-corrected chi connectivity index (χ3v) is 3.81. The summed E-state index contributed by atoms with van der Waals surface area (Å²) in [5, 5.41) is 0. The average molecular weight is 239 g/mol. The normalized spacial score (nSPS) is 31.6. The zero-order valence-electron chi connectivity index (χ0n) is 11.0. The molecule has 17 heavy (non-hydrogen) atoms. The Morgan fingerprint density at radius 3 is 2.53 bits per heavy atom. The first-order valence-corrected chi connectivity index (χ1v) is 6.88. The van der Waals surface area contributed by atoms with Crippen LogP contribution < -0.4 is 5.73 Å². The predicted octanol–water partition coefficient (Wildman–Crippen LogP) is 1.75. The zero-order chi connectivity index (χ0) is 12.1. The van der Waals surface area contributed by atoms with E-state index in [9.17, 15) is 0 Å². The molecule has 0 aromatic heterocycles. The van der Waals surface area contributed by atoms with Crippen LogP contribution in [0, 0.1) is 0 Å². The van der Waals surface area contributed by atoms with Gasteiger partial charge in [0.2, 0.25) is 0 Å². The maximum atomic E-state index is 6.08. The van der Waals surface area contributed by atoms with E-state index in [-0.39, 0.29) is 5.60 Å². The second-order valence-electron chi connectivity index (χ2n) is 5.48. The highest BCUT2D eigenvalue weighted by Gasteiger charge is 2.29. The maximum Gasteiger partial charge on any atom is 0.191 e. The van der Waals surface area contributed by atoms with Gasteiger partial charge in [0.15, 0.2) is 5.96 Å². The van der Waals surface area contributed by atoms with E-state index in [0.29, 0.717) is 12.5 Å². The molecule has 2 aliphatic heterocycles. The lowest BCUT2D eigenvalue weighted by atomic mass is 10.0. The predicted molar refractivity (Wildman–Crippen MR) is 70.1 cm³/mol. The van der Waals surface area contributed by atoms with Gasteiger partial charge in [0.25, 0.3) is 0 Å². The molecule has 0 spiro atoms. The van der Waals surface area contributed by atoms with Gasteiger partial charge in [0.05, 0.1) is 12.1 Å². The van der Waals surface area contributed by atoms with Gasteiger partial charge in [-0.25, -0.2) is 0 Å². The largest absolute Gasteiger partial charge is 0.373 e. The molecule has 98 valence electrons. The Balaban J connectivity index is 1.86. The SMILES string of the molecule is CC1(CN=C(N)N2CCCCCC2)CCCO1. The fraction of sp³-hybridized carbons (Fsp3) is 0.923. The number of hydrogen-bond acceptors (Lipinski definition) is 2. The molecular formula is C13H25N3O. The molecule has 2 saturated heterocycles. The Morgan fingerprint density at radius 2 is 1.94 bits per heavy atom. The van der Waals surface area contributed by atoms with E-state index in [1.807, 2.05) is 0 Å². The van der Waals surface area contributed by atoms with Crippen LogP contribution >= 0.6 is 0 Å². The van der Waals surface area contributed by atoms with Gasteiger partial charge in [-0.3, -0.25) is 4.99 Å². The van der Waals surface area contributed by atoms with Gasteiger partial charge >= 0.3 is 0 Å². The van der Waals surface area contributed by atoms with E-state index in [4.69, 9.17) is 10.5 Å². The summed E-state index contributed by atoms with van der Waals surface area (Å²) in [5.74, 6) is 0.712. The number of ether oxygens (including phenoxy) is 1. The van der Waals surface area contributed by atoms with Gasteiger partial charge in [-0.05, 0) is 32.6 Å². The molecule has 0 aromatic carbocycles. The van der Waals surface area contributed by atoms with Crippen molar-refractivity contribution in [2.45, 2.75) is 51.0 Å². The Kier molecular flexibility index (Phi) is 4.26. The molecule has 4 heteroatoms. The van der Waals surface area contributed by atoms with Crippen molar-refractivity contribution in [3.63, 3.8) is 0 Å². The number of guanidine groups is 1. The molecule has 2 N–H and O–H groups in total. The van der Waals surface area contributed by atoms with E-state index in [2.05, 4.69) is 16.8 Å². The second-order valence-corrected chi connectivity index (χ2v) is 5.48. The summed E-state index contributed by atoms with van der Waals surface area (Å²) in [4.78, 5) is 6.77. The van der Waals surface area contributed by atoms with E-state index in [1.165, 1.54) is 25.7 Å². The smallest absolute Gasteiger partial charge is 0.191 e. The van der Waals surface area contributed by atoms with E-state index in [0.717, 1.165) is 32.5 Å². The minimum absolute atomic E-state index is 0.0729. The van der Waals surface area contributed by atoms with E-state index in [1.54, 1.807) is 0 Å². The molecule has 0 bridgehead atoms. The number of hydrogen-bond donors (Lipinski definition) is 1. The standard InChI is InChI=1S/C13H25N3O/c1-13(7-6-10-17-13)11-15-12(14)16-8-4-2-3-5-9-16/h2-11H2,1H3,(H2,14,15). The number of likely N-dealkylation sites (tertiary alicyclic amines) is 1. The molecule has 1 unspecified atom stereocenters. The van der Waals surface area contributed by atoms with Crippen molar-refractivity contribution < 1.29 is 4.74 Å². The van der Waals surface area contributed by atoms with Gasteiger partial charge in [-0.2, -0.15) is 0 Å². The third-order valence-electron chi connectivity index (χ3n) is 3.81. The van der Waals surface area contributed by atoms with Crippen LogP contribution in [0.3, 0.4) is 0 Å². The quantitative estimate of drug-likeness (QED) is 0.590. The van der Waals surface area contributed by atoms with Gasteiger partial charge in [-0.15, -0.1) is 0 Å². The average Bonchev–Trinajstić information content (AvgIpc) is 2.60. The van der Waals surface area contributed by atoms with Crippen LogP contribution in [0.5, 0.6) is 0 Å². The monoisotopic (exact) mass is 239 g/mol.